The zero-order valence-corrected chi connectivity index (χ0v) is 12.3. The van der Waals surface area contributed by atoms with E-state index in [4.69, 9.17) is 0 Å². The summed E-state index contributed by atoms with van der Waals surface area (Å²) in [7, 11) is 0. The molecule has 4 nitrogen and oxygen atoms in total. The first-order valence-electron chi connectivity index (χ1n) is 7.93. The molecule has 2 unspecified atom stereocenters. The second kappa shape index (κ2) is 5.62. The molecule has 0 spiro atoms. The van der Waals surface area contributed by atoms with Gasteiger partial charge in [0.2, 0.25) is 0 Å². The van der Waals surface area contributed by atoms with Gasteiger partial charge in [-0.15, -0.1) is 0 Å². The minimum atomic E-state index is 0.724. The van der Waals surface area contributed by atoms with E-state index in [1.807, 2.05) is 23.1 Å². The average Bonchev–Trinajstić information content (AvgIpc) is 3.17. The molecule has 2 aromatic rings. The summed E-state index contributed by atoms with van der Waals surface area (Å²) in [4.78, 5) is 2.59. The molecule has 0 radical (unpaired) electrons. The Bertz CT molecular complexity index is 561. The van der Waals surface area contributed by atoms with Crippen molar-refractivity contribution in [2.45, 2.75) is 25.4 Å². The van der Waals surface area contributed by atoms with Gasteiger partial charge in [0, 0.05) is 38.1 Å². The summed E-state index contributed by atoms with van der Waals surface area (Å²) >= 11 is 0. The van der Waals surface area contributed by atoms with E-state index in [1.165, 1.54) is 38.0 Å². The third-order valence-corrected chi connectivity index (χ3v) is 4.79. The lowest BCUT2D eigenvalue weighted by Crippen LogP contribution is -2.40. The van der Waals surface area contributed by atoms with Crippen LogP contribution in [-0.4, -0.2) is 40.4 Å². The van der Waals surface area contributed by atoms with E-state index in [0.717, 1.165) is 24.2 Å². The van der Waals surface area contributed by atoms with Crippen molar-refractivity contribution in [3.63, 3.8) is 0 Å². The maximum absolute atomic E-state index is 4.27. The van der Waals surface area contributed by atoms with E-state index in [0.29, 0.717) is 0 Å². The van der Waals surface area contributed by atoms with Crippen LogP contribution in [0.15, 0.2) is 42.7 Å². The van der Waals surface area contributed by atoms with Crippen molar-refractivity contribution in [3.05, 3.63) is 48.3 Å². The SMILES string of the molecule is c1cnn(-c2ccc(CN3CC4CCCNC4C3)cc2)c1. The van der Waals surface area contributed by atoms with Crippen LogP contribution in [0.4, 0.5) is 0 Å². The van der Waals surface area contributed by atoms with Crippen LogP contribution in [0.3, 0.4) is 0 Å². The molecule has 0 bridgehead atoms. The van der Waals surface area contributed by atoms with E-state index in [1.54, 1.807) is 0 Å². The van der Waals surface area contributed by atoms with E-state index < -0.39 is 0 Å². The van der Waals surface area contributed by atoms with Crippen molar-refractivity contribution in [2.75, 3.05) is 19.6 Å². The predicted molar refractivity (Wildman–Crippen MR) is 83.4 cm³/mol. The van der Waals surface area contributed by atoms with Crippen LogP contribution in [0.1, 0.15) is 18.4 Å². The van der Waals surface area contributed by atoms with Gasteiger partial charge >= 0.3 is 0 Å². The highest BCUT2D eigenvalue weighted by molar-refractivity contribution is 5.33. The summed E-state index contributed by atoms with van der Waals surface area (Å²) in [6.07, 6.45) is 6.53. The van der Waals surface area contributed by atoms with Gasteiger partial charge in [-0.05, 0) is 49.1 Å². The number of benzene rings is 1. The molecule has 21 heavy (non-hydrogen) atoms. The molecule has 4 rings (SSSR count). The van der Waals surface area contributed by atoms with Crippen molar-refractivity contribution >= 4 is 0 Å². The molecular formula is C17H22N4. The summed E-state index contributed by atoms with van der Waals surface area (Å²) in [6, 6.07) is 11.4. The van der Waals surface area contributed by atoms with Crippen molar-refractivity contribution in [3.8, 4) is 5.69 Å². The van der Waals surface area contributed by atoms with E-state index in [-0.39, 0.29) is 0 Å². The predicted octanol–water partition coefficient (Wildman–Crippen LogP) is 2.06. The lowest BCUT2D eigenvalue weighted by atomic mass is 9.94. The lowest BCUT2D eigenvalue weighted by Gasteiger charge is -2.24. The highest BCUT2D eigenvalue weighted by Crippen LogP contribution is 2.26. The van der Waals surface area contributed by atoms with Crippen molar-refractivity contribution in [1.29, 1.82) is 0 Å². The number of piperidine rings is 1. The third kappa shape index (κ3) is 2.74. The van der Waals surface area contributed by atoms with Gasteiger partial charge in [-0.1, -0.05) is 12.1 Å². The zero-order chi connectivity index (χ0) is 14.1. The summed E-state index contributed by atoms with van der Waals surface area (Å²) in [5.74, 6) is 0.863. The maximum atomic E-state index is 4.27. The number of nitrogens with zero attached hydrogens (tertiary/aromatic N) is 3. The molecule has 2 saturated heterocycles. The van der Waals surface area contributed by atoms with Crippen LogP contribution in [0.25, 0.3) is 5.69 Å². The van der Waals surface area contributed by atoms with Gasteiger partial charge in [-0.3, -0.25) is 4.90 Å². The molecule has 2 atom stereocenters. The Kier molecular flexibility index (Phi) is 3.49. The molecule has 0 aliphatic carbocycles. The van der Waals surface area contributed by atoms with Crippen LogP contribution in [-0.2, 0) is 6.54 Å². The van der Waals surface area contributed by atoms with Crippen LogP contribution in [0.2, 0.25) is 0 Å². The molecule has 0 saturated carbocycles. The number of rotatable bonds is 3. The molecule has 1 aromatic carbocycles. The van der Waals surface area contributed by atoms with Crippen molar-refractivity contribution < 1.29 is 0 Å². The fraction of sp³-hybridized carbons (Fsp3) is 0.471. The van der Waals surface area contributed by atoms with Gasteiger partial charge < -0.3 is 5.32 Å². The number of aromatic nitrogens is 2. The quantitative estimate of drug-likeness (QED) is 0.935. The van der Waals surface area contributed by atoms with Crippen LogP contribution < -0.4 is 5.32 Å². The molecule has 1 aromatic heterocycles. The van der Waals surface area contributed by atoms with Crippen molar-refractivity contribution in [1.82, 2.24) is 20.0 Å². The molecule has 110 valence electrons. The second-order valence-corrected chi connectivity index (χ2v) is 6.27. The van der Waals surface area contributed by atoms with E-state index in [9.17, 15) is 0 Å². The normalized spacial score (nSPS) is 25.9. The Morgan fingerprint density at radius 2 is 2.10 bits per heavy atom. The first-order valence-corrected chi connectivity index (χ1v) is 7.93. The van der Waals surface area contributed by atoms with Gasteiger partial charge in [-0.25, -0.2) is 4.68 Å². The number of likely N-dealkylation sites (tertiary alicyclic amines) is 1. The Labute approximate surface area is 125 Å². The van der Waals surface area contributed by atoms with Gasteiger partial charge in [-0.2, -0.15) is 5.10 Å². The number of hydrogen-bond donors (Lipinski definition) is 1. The van der Waals surface area contributed by atoms with Gasteiger partial charge in [0.25, 0.3) is 0 Å². The maximum Gasteiger partial charge on any atom is 0.0645 e. The summed E-state index contributed by atoms with van der Waals surface area (Å²) < 4.78 is 1.90. The highest BCUT2D eigenvalue weighted by atomic mass is 15.3. The van der Waals surface area contributed by atoms with Gasteiger partial charge in [0.1, 0.15) is 0 Å². The molecule has 1 N–H and O–H groups in total. The molecule has 3 heterocycles. The standard InChI is InChI=1S/C17H22N4/c1-3-15-12-20(13-17(15)18-8-1)11-14-4-6-16(7-5-14)21-10-2-9-19-21/h2,4-7,9-10,15,17-18H,1,3,8,11-13H2. The second-order valence-electron chi connectivity index (χ2n) is 6.27. The molecule has 2 aliphatic heterocycles. The summed E-state index contributed by atoms with van der Waals surface area (Å²) in [5, 5.41) is 7.94. The third-order valence-electron chi connectivity index (χ3n) is 4.79. The molecular weight excluding hydrogens is 260 g/mol. The van der Waals surface area contributed by atoms with E-state index in [2.05, 4.69) is 39.6 Å². The molecule has 0 amide bonds. The zero-order valence-electron chi connectivity index (χ0n) is 12.3. The monoisotopic (exact) mass is 282 g/mol. The Hall–Kier alpha value is -1.65. The summed E-state index contributed by atoms with van der Waals surface area (Å²) in [5.41, 5.74) is 2.52. The molecule has 2 fully saturated rings. The van der Waals surface area contributed by atoms with Crippen molar-refractivity contribution in [2.24, 2.45) is 5.92 Å². The Balaban J connectivity index is 1.41. The average molecular weight is 282 g/mol. The number of hydrogen-bond acceptors (Lipinski definition) is 3. The lowest BCUT2D eigenvalue weighted by molar-refractivity contribution is 0.312. The number of nitrogens with one attached hydrogen (secondary N) is 1. The minimum absolute atomic E-state index is 0.724. The first-order chi connectivity index (χ1) is 10.4. The fourth-order valence-electron chi connectivity index (χ4n) is 3.70. The minimum Gasteiger partial charge on any atom is -0.312 e. The Morgan fingerprint density at radius 3 is 2.86 bits per heavy atom. The van der Waals surface area contributed by atoms with Gasteiger partial charge in [0.15, 0.2) is 0 Å². The highest BCUT2D eigenvalue weighted by Gasteiger charge is 2.33. The van der Waals surface area contributed by atoms with Crippen LogP contribution in [0, 0.1) is 5.92 Å². The first kappa shape index (κ1) is 13.0. The van der Waals surface area contributed by atoms with Crippen LogP contribution in [0.5, 0.6) is 0 Å². The fourth-order valence-corrected chi connectivity index (χ4v) is 3.70. The smallest absolute Gasteiger partial charge is 0.0645 e. The van der Waals surface area contributed by atoms with E-state index >= 15 is 0 Å². The largest absolute Gasteiger partial charge is 0.312 e. The number of fused-ring (bicyclic) bond motifs is 1. The molecule has 4 heteroatoms. The Morgan fingerprint density at radius 1 is 1.19 bits per heavy atom. The van der Waals surface area contributed by atoms with Crippen LogP contribution >= 0.6 is 0 Å². The summed E-state index contributed by atoms with van der Waals surface area (Å²) in [6.45, 7) is 4.71. The van der Waals surface area contributed by atoms with Gasteiger partial charge in [0.05, 0.1) is 5.69 Å². The topological polar surface area (TPSA) is 33.1 Å². The molecule has 2 aliphatic rings.